The molecule has 11 heteroatoms. The van der Waals surface area contributed by atoms with Crippen LogP contribution in [0.5, 0.6) is 5.75 Å². The summed E-state index contributed by atoms with van der Waals surface area (Å²) in [6.07, 6.45) is 5.11. The van der Waals surface area contributed by atoms with Crippen molar-refractivity contribution in [2.45, 2.75) is 44.4 Å². The van der Waals surface area contributed by atoms with Crippen LogP contribution in [0.1, 0.15) is 45.5 Å². The van der Waals surface area contributed by atoms with Crippen LogP contribution in [-0.2, 0) is 13.1 Å². The van der Waals surface area contributed by atoms with Crippen molar-refractivity contribution in [2.75, 3.05) is 33.3 Å². The summed E-state index contributed by atoms with van der Waals surface area (Å²) in [5.74, 6) is 0.630. The molecule has 1 N–H and O–H groups in total. The van der Waals surface area contributed by atoms with Gasteiger partial charge in [-0.05, 0) is 61.2 Å². The van der Waals surface area contributed by atoms with E-state index in [1.165, 1.54) is 0 Å². The predicted octanol–water partition coefficient (Wildman–Crippen LogP) is 7.62. The van der Waals surface area contributed by atoms with E-state index in [0.29, 0.717) is 56.4 Å². The molecule has 2 aliphatic heterocycles. The fraction of sp³-hybridized carbons (Fsp3) is 0.353. The zero-order chi connectivity index (χ0) is 31.7. The number of likely N-dealkylation sites (tertiary alicyclic amines) is 1. The third-order valence-electron chi connectivity index (χ3n) is 8.90. The van der Waals surface area contributed by atoms with Gasteiger partial charge in [-0.1, -0.05) is 64.6 Å². The Morgan fingerprint density at radius 3 is 2.29 bits per heavy atom. The smallest absolute Gasteiger partial charge is 0.253 e. The highest BCUT2D eigenvalue weighted by Crippen LogP contribution is 2.33. The van der Waals surface area contributed by atoms with Crippen LogP contribution in [0, 0.1) is 0 Å². The maximum absolute atomic E-state index is 13.4. The summed E-state index contributed by atoms with van der Waals surface area (Å²) in [6, 6.07) is 17.0. The van der Waals surface area contributed by atoms with Crippen LogP contribution in [0.4, 0.5) is 0 Å². The number of hydrogen-bond donors (Lipinski definition) is 1. The van der Waals surface area contributed by atoms with Crippen LogP contribution in [0.2, 0.25) is 20.1 Å². The Hall–Kier alpha value is -2.78. The minimum atomic E-state index is -0.164. The van der Waals surface area contributed by atoms with Gasteiger partial charge in [0.05, 0.1) is 44.8 Å². The van der Waals surface area contributed by atoms with Gasteiger partial charge in [0.2, 0.25) is 0 Å². The SMILES string of the molecule is COc1cccc2c(C(=O)NCc3ccc(Cl)c(Cl)c3)cn(CCCN3C4CCC3CN(CC(=O)c3ccc(Cl)c(Cl)c3)C4)c12. The van der Waals surface area contributed by atoms with Crippen LogP contribution in [0.25, 0.3) is 10.9 Å². The summed E-state index contributed by atoms with van der Waals surface area (Å²) in [7, 11) is 1.65. The highest BCUT2D eigenvalue weighted by atomic mass is 35.5. The van der Waals surface area contributed by atoms with Crippen LogP contribution >= 0.6 is 46.4 Å². The third kappa shape index (κ3) is 6.99. The van der Waals surface area contributed by atoms with E-state index in [0.717, 1.165) is 67.7 Å². The molecule has 2 atom stereocenters. The van der Waals surface area contributed by atoms with Crippen LogP contribution in [0.15, 0.2) is 60.8 Å². The second-order valence-electron chi connectivity index (χ2n) is 11.7. The number of nitrogens with zero attached hydrogens (tertiary/aromatic N) is 3. The molecule has 45 heavy (non-hydrogen) atoms. The van der Waals surface area contributed by atoms with Gasteiger partial charge < -0.3 is 14.6 Å². The maximum atomic E-state index is 13.4. The number of carbonyl (C=O) groups excluding carboxylic acids is 2. The number of fused-ring (bicyclic) bond motifs is 3. The van der Waals surface area contributed by atoms with E-state index in [4.69, 9.17) is 51.1 Å². The number of benzene rings is 3. The molecule has 0 radical (unpaired) electrons. The summed E-state index contributed by atoms with van der Waals surface area (Å²) in [5.41, 5.74) is 2.97. The molecule has 3 aromatic carbocycles. The number of carbonyl (C=O) groups is 2. The average molecular weight is 688 g/mol. The summed E-state index contributed by atoms with van der Waals surface area (Å²) in [4.78, 5) is 31.2. The first kappa shape index (κ1) is 32.2. The lowest BCUT2D eigenvalue weighted by Crippen LogP contribution is -2.54. The van der Waals surface area contributed by atoms with E-state index in [1.807, 2.05) is 30.5 Å². The molecule has 2 unspecified atom stereocenters. The highest BCUT2D eigenvalue weighted by Gasteiger charge is 2.39. The van der Waals surface area contributed by atoms with Crippen molar-refractivity contribution in [3.8, 4) is 5.75 Å². The number of methoxy groups -OCH3 is 1. The van der Waals surface area contributed by atoms with Crippen LogP contribution in [-0.4, -0.2) is 71.4 Å². The molecule has 2 bridgehead atoms. The number of aryl methyl sites for hydroxylation is 1. The average Bonchev–Trinajstić information content (AvgIpc) is 3.52. The number of amides is 1. The van der Waals surface area contributed by atoms with Crippen molar-refractivity contribution in [2.24, 2.45) is 0 Å². The first-order valence-electron chi connectivity index (χ1n) is 15.1. The first-order chi connectivity index (χ1) is 21.7. The third-order valence-corrected chi connectivity index (χ3v) is 10.4. The molecular formula is C34H34Cl4N4O3. The largest absolute Gasteiger partial charge is 0.495 e. The van der Waals surface area contributed by atoms with E-state index >= 15 is 0 Å². The number of piperazine rings is 1. The summed E-state index contributed by atoms with van der Waals surface area (Å²) < 4.78 is 7.84. The Morgan fingerprint density at radius 1 is 0.889 bits per heavy atom. The summed E-state index contributed by atoms with van der Waals surface area (Å²) >= 11 is 24.4. The lowest BCUT2D eigenvalue weighted by molar-refractivity contribution is 0.0588. The van der Waals surface area contributed by atoms with Crippen molar-refractivity contribution >= 4 is 69.0 Å². The normalized spacial score (nSPS) is 18.4. The van der Waals surface area contributed by atoms with Crippen LogP contribution < -0.4 is 10.1 Å². The highest BCUT2D eigenvalue weighted by molar-refractivity contribution is 6.42. The Labute approximate surface area is 282 Å². The van der Waals surface area contributed by atoms with E-state index in [1.54, 1.807) is 37.4 Å². The minimum absolute atomic E-state index is 0.0617. The molecule has 0 aliphatic carbocycles. The Morgan fingerprint density at radius 2 is 1.60 bits per heavy atom. The van der Waals surface area contributed by atoms with Gasteiger partial charge in [0, 0.05) is 62.0 Å². The number of halogens is 4. The standard InChI is InChI=1S/C34H34Cl4N4O3/c1-45-32-5-2-4-25-26(34(44)39-16-21-6-10-27(35)29(37)14-21)19-41(33(25)32)12-3-13-42-23-8-9-24(42)18-40(17-23)20-31(43)22-7-11-28(36)30(38)15-22/h2,4-7,10-11,14-15,19,23-24H,3,8-9,12-13,16-18,20H2,1H3,(H,39,44). The molecule has 6 rings (SSSR count). The number of ketones is 1. The fourth-order valence-electron chi connectivity index (χ4n) is 6.73. The van der Waals surface area contributed by atoms with Gasteiger partial charge in [-0.25, -0.2) is 0 Å². The van der Waals surface area contributed by atoms with Crippen molar-refractivity contribution in [3.63, 3.8) is 0 Å². The molecule has 3 heterocycles. The van der Waals surface area contributed by atoms with Gasteiger partial charge in [0.1, 0.15) is 5.75 Å². The van der Waals surface area contributed by atoms with Gasteiger partial charge >= 0.3 is 0 Å². The molecular weight excluding hydrogens is 654 g/mol. The summed E-state index contributed by atoms with van der Waals surface area (Å²) in [5, 5.41) is 5.65. The Balaban J connectivity index is 1.09. The van der Waals surface area contributed by atoms with Crippen molar-refractivity contribution < 1.29 is 14.3 Å². The number of para-hydroxylation sites is 1. The number of Topliss-reactive ketones (excluding diaryl/α,β-unsaturated/α-hetero) is 1. The Kier molecular flexibility index (Phi) is 9.95. The first-order valence-corrected chi connectivity index (χ1v) is 16.6. The topological polar surface area (TPSA) is 66.8 Å². The number of ether oxygens (including phenoxy) is 1. The molecule has 236 valence electrons. The lowest BCUT2D eigenvalue weighted by atomic mass is 10.1. The molecule has 4 aromatic rings. The molecule has 0 spiro atoms. The van der Waals surface area contributed by atoms with E-state index in [-0.39, 0.29) is 11.7 Å². The van der Waals surface area contributed by atoms with Gasteiger partial charge in [0.15, 0.2) is 5.78 Å². The second-order valence-corrected chi connectivity index (χ2v) is 13.4. The molecule has 2 aliphatic rings. The molecule has 0 saturated carbocycles. The van der Waals surface area contributed by atoms with Gasteiger partial charge in [-0.2, -0.15) is 0 Å². The number of hydrogen-bond acceptors (Lipinski definition) is 5. The van der Waals surface area contributed by atoms with E-state index in [9.17, 15) is 9.59 Å². The second kappa shape index (κ2) is 13.9. The van der Waals surface area contributed by atoms with E-state index in [2.05, 4.69) is 19.7 Å². The molecule has 7 nitrogen and oxygen atoms in total. The van der Waals surface area contributed by atoms with E-state index < -0.39 is 0 Å². The van der Waals surface area contributed by atoms with Crippen LogP contribution in [0.3, 0.4) is 0 Å². The van der Waals surface area contributed by atoms with Crippen molar-refractivity contribution in [1.29, 1.82) is 0 Å². The molecule has 1 amide bonds. The van der Waals surface area contributed by atoms with Gasteiger partial charge in [-0.3, -0.25) is 19.4 Å². The zero-order valence-electron chi connectivity index (χ0n) is 24.9. The minimum Gasteiger partial charge on any atom is -0.495 e. The molecule has 2 fully saturated rings. The number of rotatable bonds is 11. The monoisotopic (exact) mass is 686 g/mol. The van der Waals surface area contributed by atoms with Crippen molar-refractivity contribution in [3.05, 3.63) is 97.6 Å². The maximum Gasteiger partial charge on any atom is 0.253 e. The fourth-order valence-corrected chi connectivity index (χ4v) is 7.35. The van der Waals surface area contributed by atoms with Crippen molar-refractivity contribution in [1.82, 2.24) is 19.7 Å². The van der Waals surface area contributed by atoms with Gasteiger partial charge in [-0.15, -0.1) is 0 Å². The number of nitrogens with one attached hydrogen (secondary N) is 1. The number of aromatic nitrogens is 1. The molecule has 1 aromatic heterocycles. The van der Waals surface area contributed by atoms with Gasteiger partial charge in [0.25, 0.3) is 5.91 Å². The quantitative estimate of drug-likeness (QED) is 0.164. The predicted molar refractivity (Wildman–Crippen MR) is 181 cm³/mol. The summed E-state index contributed by atoms with van der Waals surface area (Å²) in [6.45, 7) is 4.13. The molecule has 2 saturated heterocycles. The zero-order valence-corrected chi connectivity index (χ0v) is 27.9. The Bertz CT molecular complexity index is 1730. The lowest BCUT2D eigenvalue weighted by Gasteiger charge is -2.41.